The largest absolute Gasteiger partial charge is 0.497 e. The van der Waals surface area contributed by atoms with Crippen LogP contribution in [0.3, 0.4) is 0 Å². The van der Waals surface area contributed by atoms with E-state index in [1.54, 1.807) is 31.3 Å². The molecule has 194 valence electrons. The van der Waals surface area contributed by atoms with Gasteiger partial charge in [0.2, 0.25) is 5.91 Å². The molecule has 0 aliphatic carbocycles. The first kappa shape index (κ1) is 26.1. The normalized spacial score (nSPS) is 13.7. The molecule has 1 aromatic heterocycles. The lowest BCUT2D eigenvalue weighted by Crippen LogP contribution is -2.45. The first-order valence-corrected chi connectivity index (χ1v) is 12.4. The summed E-state index contributed by atoms with van der Waals surface area (Å²) in [5, 5.41) is 8.87. The fraction of sp³-hybridized carbons (Fsp3) is 0.357. The predicted molar refractivity (Wildman–Crippen MR) is 142 cm³/mol. The third kappa shape index (κ3) is 6.83. The molecule has 2 heterocycles. The smallest absolute Gasteiger partial charge is 0.254 e. The van der Waals surface area contributed by atoms with Crippen LogP contribution < -0.4 is 9.64 Å². The van der Waals surface area contributed by atoms with Crippen LogP contribution in [-0.4, -0.2) is 91.9 Å². The molecule has 0 unspecified atom stereocenters. The van der Waals surface area contributed by atoms with Crippen molar-refractivity contribution >= 4 is 17.6 Å². The van der Waals surface area contributed by atoms with Crippen LogP contribution in [0.4, 0.5) is 5.82 Å². The topological polar surface area (TPSA) is 88.1 Å². The standard InChI is InChI=1S/C28H33N5O4/c1-36-19-18-33(28(35)22-8-4-3-5-9-22)21-27(34)32-15-7-14-31(16-17-32)26-13-12-25(29-30-26)23-10-6-11-24(20-23)37-2/h3-6,8-13,20H,7,14-19,21H2,1-2H3. The Bertz CT molecular complexity index is 1170. The van der Waals surface area contributed by atoms with E-state index in [2.05, 4.69) is 15.1 Å². The molecule has 1 aliphatic heterocycles. The minimum Gasteiger partial charge on any atom is -0.497 e. The molecule has 1 saturated heterocycles. The summed E-state index contributed by atoms with van der Waals surface area (Å²) in [4.78, 5) is 31.7. The molecule has 0 saturated carbocycles. The van der Waals surface area contributed by atoms with E-state index in [0.29, 0.717) is 38.3 Å². The van der Waals surface area contributed by atoms with Gasteiger partial charge >= 0.3 is 0 Å². The van der Waals surface area contributed by atoms with Gasteiger partial charge in [0.05, 0.1) is 19.4 Å². The van der Waals surface area contributed by atoms with Crippen molar-refractivity contribution in [3.8, 4) is 17.0 Å². The van der Waals surface area contributed by atoms with Crippen molar-refractivity contribution < 1.29 is 19.1 Å². The highest BCUT2D eigenvalue weighted by Crippen LogP contribution is 2.23. The van der Waals surface area contributed by atoms with E-state index in [4.69, 9.17) is 9.47 Å². The molecule has 9 nitrogen and oxygen atoms in total. The summed E-state index contributed by atoms with van der Waals surface area (Å²) in [6.45, 7) is 3.33. The lowest BCUT2D eigenvalue weighted by atomic mass is 10.1. The number of benzene rings is 2. The molecule has 2 aromatic carbocycles. The monoisotopic (exact) mass is 503 g/mol. The van der Waals surface area contributed by atoms with Gasteiger partial charge in [-0.1, -0.05) is 30.3 Å². The number of nitrogens with zero attached hydrogens (tertiary/aromatic N) is 5. The Hall–Kier alpha value is -3.98. The SMILES string of the molecule is COCCN(CC(=O)N1CCCN(c2ccc(-c3cccc(OC)c3)nn2)CC1)C(=O)c1ccccc1. The maximum Gasteiger partial charge on any atom is 0.254 e. The number of aromatic nitrogens is 2. The van der Waals surface area contributed by atoms with E-state index in [0.717, 1.165) is 35.8 Å². The summed E-state index contributed by atoms with van der Waals surface area (Å²) in [5.74, 6) is 1.31. The van der Waals surface area contributed by atoms with E-state index in [9.17, 15) is 9.59 Å². The molecule has 0 spiro atoms. The van der Waals surface area contributed by atoms with E-state index in [1.165, 1.54) is 0 Å². The van der Waals surface area contributed by atoms with Gasteiger partial charge in [0.15, 0.2) is 5.82 Å². The Kier molecular flexibility index (Phi) is 9.04. The van der Waals surface area contributed by atoms with E-state index in [-0.39, 0.29) is 18.4 Å². The van der Waals surface area contributed by atoms with Crippen molar-refractivity contribution in [2.45, 2.75) is 6.42 Å². The average molecular weight is 504 g/mol. The van der Waals surface area contributed by atoms with Gasteiger partial charge in [-0.2, -0.15) is 0 Å². The number of rotatable bonds is 9. The molecule has 2 amide bonds. The number of hydrogen-bond acceptors (Lipinski definition) is 7. The van der Waals surface area contributed by atoms with Gasteiger partial charge in [-0.15, -0.1) is 10.2 Å². The maximum atomic E-state index is 13.2. The van der Waals surface area contributed by atoms with Crippen LogP contribution >= 0.6 is 0 Å². The molecule has 0 atom stereocenters. The summed E-state index contributed by atoms with van der Waals surface area (Å²) >= 11 is 0. The van der Waals surface area contributed by atoms with Crippen molar-refractivity contribution in [3.63, 3.8) is 0 Å². The van der Waals surface area contributed by atoms with Crippen LogP contribution in [0.2, 0.25) is 0 Å². The summed E-state index contributed by atoms with van der Waals surface area (Å²) in [6.07, 6.45) is 0.801. The van der Waals surface area contributed by atoms with Crippen LogP contribution in [0, 0.1) is 0 Å². The molecule has 0 N–H and O–H groups in total. The number of carbonyl (C=O) groups is 2. The third-order valence-electron chi connectivity index (χ3n) is 6.39. The van der Waals surface area contributed by atoms with Crippen molar-refractivity contribution in [1.29, 1.82) is 0 Å². The Morgan fingerprint density at radius 3 is 2.49 bits per heavy atom. The first-order valence-electron chi connectivity index (χ1n) is 12.4. The van der Waals surface area contributed by atoms with Crippen LogP contribution in [0.25, 0.3) is 11.3 Å². The summed E-state index contributed by atoms with van der Waals surface area (Å²) in [5.41, 5.74) is 2.27. The molecular weight excluding hydrogens is 470 g/mol. The van der Waals surface area contributed by atoms with Gasteiger partial charge in [0.1, 0.15) is 12.3 Å². The first-order chi connectivity index (χ1) is 18.1. The van der Waals surface area contributed by atoms with Crippen LogP contribution in [-0.2, 0) is 9.53 Å². The van der Waals surface area contributed by atoms with Crippen LogP contribution in [0.1, 0.15) is 16.8 Å². The zero-order valence-corrected chi connectivity index (χ0v) is 21.4. The van der Waals surface area contributed by atoms with Gasteiger partial charge in [0, 0.05) is 51.0 Å². The quantitative estimate of drug-likeness (QED) is 0.444. The second-order valence-electron chi connectivity index (χ2n) is 8.82. The fourth-order valence-corrected chi connectivity index (χ4v) is 4.31. The Morgan fingerprint density at radius 2 is 1.76 bits per heavy atom. The van der Waals surface area contributed by atoms with Crippen molar-refractivity contribution in [3.05, 3.63) is 72.3 Å². The molecule has 37 heavy (non-hydrogen) atoms. The number of amides is 2. The minimum absolute atomic E-state index is 0.0200. The molecule has 3 aromatic rings. The lowest BCUT2D eigenvalue weighted by Gasteiger charge is -2.27. The van der Waals surface area contributed by atoms with Crippen molar-refractivity contribution in [1.82, 2.24) is 20.0 Å². The molecule has 1 fully saturated rings. The van der Waals surface area contributed by atoms with Gasteiger partial charge < -0.3 is 24.2 Å². The third-order valence-corrected chi connectivity index (χ3v) is 6.39. The molecule has 0 bridgehead atoms. The second-order valence-corrected chi connectivity index (χ2v) is 8.82. The van der Waals surface area contributed by atoms with Gasteiger partial charge in [-0.3, -0.25) is 9.59 Å². The Labute approximate surface area is 217 Å². The number of carbonyl (C=O) groups excluding carboxylic acids is 2. The highest BCUT2D eigenvalue weighted by Gasteiger charge is 2.24. The van der Waals surface area contributed by atoms with Crippen molar-refractivity contribution in [2.24, 2.45) is 0 Å². The number of ether oxygens (including phenoxy) is 2. The maximum absolute atomic E-state index is 13.2. The molecular formula is C28H33N5O4. The highest BCUT2D eigenvalue weighted by molar-refractivity contribution is 5.96. The Balaban J connectivity index is 1.37. The number of methoxy groups -OCH3 is 2. The summed E-state index contributed by atoms with van der Waals surface area (Å²) in [6, 6.07) is 20.7. The molecule has 4 rings (SSSR count). The summed E-state index contributed by atoms with van der Waals surface area (Å²) < 4.78 is 10.5. The average Bonchev–Trinajstić information content (AvgIpc) is 3.22. The van der Waals surface area contributed by atoms with Crippen LogP contribution in [0.15, 0.2) is 66.7 Å². The minimum atomic E-state index is -0.172. The van der Waals surface area contributed by atoms with Crippen molar-refractivity contribution in [2.75, 3.05) is 65.0 Å². The molecule has 0 radical (unpaired) electrons. The van der Waals surface area contributed by atoms with Gasteiger partial charge in [-0.05, 0) is 42.8 Å². The van der Waals surface area contributed by atoms with Crippen LogP contribution in [0.5, 0.6) is 5.75 Å². The van der Waals surface area contributed by atoms with Gasteiger partial charge in [0.25, 0.3) is 5.91 Å². The zero-order chi connectivity index (χ0) is 26.0. The number of anilines is 1. The summed E-state index contributed by atoms with van der Waals surface area (Å²) in [7, 11) is 3.22. The fourth-order valence-electron chi connectivity index (χ4n) is 4.31. The number of hydrogen-bond donors (Lipinski definition) is 0. The molecule has 1 aliphatic rings. The second kappa shape index (κ2) is 12.8. The highest BCUT2D eigenvalue weighted by atomic mass is 16.5. The van der Waals surface area contributed by atoms with E-state index >= 15 is 0 Å². The van der Waals surface area contributed by atoms with E-state index < -0.39 is 0 Å². The zero-order valence-electron chi connectivity index (χ0n) is 21.4. The Morgan fingerprint density at radius 1 is 0.919 bits per heavy atom. The molecule has 9 heteroatoms. The lowest BCUT2D eigenvalue weighted by molar-refractivity contribution is -0.131. The van der Waals surface area contributed by atoms with Gasteiger partial charge in [-0.25, -0.2) is 0 Å². The van der Waals surface area contributed by atoms with E-state index in [1.807, 2.05) is 59.5 Å². The predicted octanol–water partition coefficient (Wildman–Crippen LogP) is 2.98.